The minimum Gasteiger partial charge on any atom is -0.465 e. The molecule has 2 rings (SSSR count). The summed E-state index contributed by atoms with van der Waals surface area (Å²) in [6, 6.07) is 3.63. The molecule has 0 unspecified atom stereocenters. The van der Waals surface area contributed by atoms with Gasteiger partial charge in [0.2, 0.25) is 0 Å². The van der Waals surface area contributed by atoms with Crippen LogP contribution in [0.5, 0.6) is 0 Å². The van der Waals surface area contributed by atoms with Gasteiger partial charge in [0.05, 0.1) is 13.7 Å². The summed E-state index contributed by atoms with van der Waals surface area (Å²) < 4.78 is 12.1. The van der Waals surface area contributed by atoms with Gasteiger partial charge in [-0.2, -0.15) is 5.10 Å². The minimum atomic E-state index is -0.365. The van der Waals surface area contributed by atoms with Gasteiger partial charge >= 0.3 is 5.97 Å². The number of rotatable bonds is 7. The fourth-order valence-electron chi connectivity index (χ4n) is 1.95. The normalized spacial score (nSPS) is 10.7. The van der Waals surface area contributed by atoms with E-state index in [1.165, 1.54) is 7.11 Å². The Labute approximate surface area is 117 Å². The number of carbonyl (C=O) groups excluding carboxylic acids is 1. The Kier molecular flexibility index (Phi) is 4.95. The van der Waals surface area contributed by atoms with E-state index in [4.69, 9.17) is 4.42 Å². The third-order valence-electron chi connectivity index (χ3n) is 2.97. The smallest absolute Gasteiger partial charge is 0.341 e. The Morgan fingerprint density at radius 1 is 1.55 bits per heavy atom. The Hall–Kier alpha value is -2.08. The molecule has 1 N–H and O–H groups in total. The van der Waals surface area contributed by atoms with Crippen LogP contribution in [0.4, 0.5) is 0 Å². The second kappa shape index (κ2) is 6.91. The molecule has 0 radical (unpaired) electrons. The van der Waals surface area contributed by atoms with Gasteiger partial charge in [0.1, 0.15) is 17.1 Å². The number of hydrogen-bond acceptors (Lipinski definition) is 5. The molecule has 2 heterocycles. The van der Waals surface area contributed by atoms with Crippen molar-refractivity contribution in [2.45, 2.75) is 26.4 Å². The highest BCUT2D eigenvalue weighted by Gasteiger charge is 2.14. The van der Waals surface area contributed by atoms with E-state index in [2.05, 4.69) is 15.2 Å². The lowest BCUT2D eigenvalue weighted by atomic mass is 10.2. The van der Waals surface area contributed by atoms with Crippen LogP contribution in [0.15, 0.2) is 28.9 Å². The average molecular weight is 277 g/mol. The summed E-state index contributed by atoms with van der Waals surface area (Å²) in [5.41, 5.74) is 0.487. The summed E-state index contributed by atoms with van der Waals surface area (Å²) in [5.74, 6) is 0.961. The average Bonchev–Trinajstić information content (AvgIpc) is 3.07. The molecule has 0 aromatic carbocycles. The molecule has 0 aliphatic carbocycles. The van der Waals surface area contributed by atoms with E-state index in [9.17, 15) is 4.79 Å². The largest absolute Gasteiger partial charge is 0.465 e. The molecule has 20 heavy (non-hydrogen) atoms. The van der Waals surface area contributed by atoms with E-state index in [1.807, 2.05) is 16.9 Å². The fourth-order valence-corrected chi connectivity index (χ4v) is 1.95. The molecule has 108 valence electrons. The summed E-state index contributed by atoms with van der Waals surface area (Å²) in [4.78, 5) is 11.4. The van der Waals surface area contributed by atoms with Crippen molar-refractivity contribution in [1.29, 1.82) is 0 Å². The van der Waals surface area contributed by atoms with Crippen molar-refractivity contribution >= 4 is 5.97 Å². The molecule has 2 aromatic rings. The van der Waals surface area contributed by atoms with Crippen molar-refractivity contribution in [1.82, 2.24) is 15.1 Å². The zero-order valence-electron chi connectivity index (χ0n) is 11.8. The van der Waals surface area contributed by atoms with Crippen molar-refractivity contribution in [2.75, 3.05) is 13.7 Å². The lowest BCUT2D eigenvalue weighted by Gasteiger charge is -2.03. The van der Waals surface area contributed by atoms with Crippen LogP contribution in [0, 0.1) is 6.92 Å². The van der Waals surface area contributed by atoms with Crippen molar-refractivity contribution < 1.29 is 13.9 Å². The highest BCUT2D eigenvalue weighted by atomic mass is 16.5. The van der Waals surface area contributed by atoms with Crippen molar-refractivity contribution in [3.63, 3.8) is 0 Å². The number of aromatic nitrogens is 2. The molecule has 6 heteroatoms. The van der Waals surface area contributed by atoms with Crippen LogP contribution in [0.25, 0.3) is 0 Å². The number of aryl methyl sites for hydroxylation is 2. The second-order valence-corrected chi connectivity index (χ2v) is 4.47. The van der Waals surface area contributed by atoms with Crippen LogP contribution in [0.1, 0.15) is 28.3 Å². The van der Waals surface area contributed by atoms with E-state index in [-0.39, 0.29) is 5.97 Å². The molecular weight excluding hydrogens is 258 g/mol. The Balaban J connectivity index is 1.73. The number of methoxy groups -OCH3 is 1. The monoisotopic (exact) mass is 277 g/mol. The van der Waals surface area contributed by atoms with Crippen molar-refractivity contribution in [3.8, 4) is 0 Å². The van der Waals surface area contributed by atoms with Crippen LogP contribution in [0.2, 0.25) is 0 Å². The number of ether oxygens (including phenoxy) is 1. The van der Waals surface area contributed by atoms with E-state index in [1.54, 1.807) is 19.2 Å². The summed E-state index contributed by atoms with van der Waals surface area (Å²) in [6.45, 7) is 4.09. The van der Waals surface area contributed by atoms with Gasteiger partial charge in [-0.1, -0.05) is 0 Å². The first-order valence-electron chi connectivity index (χ1n) is 6.56. The third-order valence-corrected chi connectivity index (χ3v) is 2.97. The van der Waals surface area contributed by atoms with Gasteiger partial charge in [-0.15, -0.1) is 0 Å². The molecule has 0 fully saturated rings. The number of nitrogens with zero attached hydrogens (tertiary/aromatic N) is 2. The minimum absolute atomic E-state index is 0.365. The molecule has 0 amide bonds. The first-order valence-corrected chi connectivity index (χ1v) is 6.56. The number of furan rings is 1. The SMILES string of the molecule is COC(=O)c1cc(CNCCCn2cccn2)oc1C. The van der Waals surface area contributed by atoms with E-state index in [0.717, 1.165) is 25.3 Å². The van der Waals surface area contributed by atoms with Crippen LogP contribution in [0.3, 0.4) is 0 Å². The van der Waals surface area contributed by atoms with Gasteiger partial charge < -0.3 is 14.5 Å². The molecule has 0 saturated heterocycles. The molecule has 0 spiro atoms. The Morgan fingerprint density at radius 3 is 3.10 bits per heavy atom. The van der Waals surface area contributed by atoms with Gasteiger partial charge in [0.25, 0.3) is 0 Å². The van der Waals surface area contributed by atoms with Gasteiger partial charge in [-0.25, -0.2) is 4.79 Å². The standard InChI is InChI=1S/C14H19N3O3/c1-11-13(14(18)19-2)9-12(20-11)10-15-5-3-7-17-8-4-6-16-17/h4,6,8-9,15H,3,5,7,10H2,1-2H3. The van der Waals surface area contributed by atoms with Crippen molar-refractivity contribution in [2.24, 2.45) is 0 Å². The van der Waals surface area contributed by atoms with E-state index >= 15 is 0 Å². The highest BCUT2D eigenvalue weighted by molar-refractivity contribution is 5.90. The van der Waals surface area contributed by atoms with Crippen LogP contribution >= 0.6 is 0 Å². The predicted molar refractivity (Wildman–Crippen MR) is 73.3 cm³/mol. The maximum atomic E-state index is 11.4. The fraction of sp³-hybridized carbons (Fsp3) is 0.429. The topological polar surface area (TPSA) is 69.3 Å². The molecule has 2 aromatic heterocycles. The second-order valence-electron chi connectivity index (χ2n) is 4.47. The van der Waals surface area contributed by atoms with Crippen molar-refractivity contribution in [3.05, 3.63) is 41.6 Å². The quantitative estimate of drug-likeness (QED) is 0.617. The molecule has 0 atom stereocenters. The zero-order valence-corrected chi connectivity index (χ0v) is 11.8. The first kappa shape index (κ1) is 14.3. The Morgan fingerprint density at radius 2 is 2.40 bits per heavy atom. The maximum absolute atomic E-state index is 11.4. The van der Waals surface area contributed by atoms with Gasteiger partial charge in [-0.3, -0.25) is 4.68 Å². The highest BCUT2D eigenvalue weighted by Crippen LogP contribution is 2.15. The molecule has 0 aliphatic rings. The van der Waals surface area contributed by atoms with Crippen LogP contribution in [-0.4, -0.2) is 29.4 Å². The lowest BCUT2D eigenvalue weighted by Crippen LogP contribution is -2.16. The third kappa shape index (κ3) is 3.71. The number of nitrogens with one attached hydrogen (secondary N) is 1. The molecule has 0 bridgehead atoms. The number of hydrogen-bond donors (Lipinski definition) is 1. The molecule has 0 saturated carbocycles. The Bertz CT molecular complexity index is 546. The molecular formula is C14H19N3O3. The lowest BCUT2D eigenvalue weighted by molar-refractivity contribution is 0.0599. The van der Waals surface area contributed by atoms with Gasteiger partial charge in [0.15, 0.2) is 0 Å². The number of carbonyl (C=O) groups is 1. The van der Waals surface area contributed by atoms with Crippen LogP contribution < -0.4 is 5.32 Å². The predicted octanol–water partition coefficient (Wildman–Crippen LogP) is 1.75. The number of esters is 1. The molecule has 6 nitrogen and oxygen atoms in total. The zero-order chi connectivity index (χ0) is 14.4. The summed E-state index contributed by atoms with van der Waals surface area (Å²) in [6.07, 6.45) is 4.69. The van der Waals surface area contributed by atoms with Crippen LogP contribution in [-0.2, 0) is 17.8 Å². The van der Waals surface area contributed by atoms with E-state index in [0.29, 0.717) is 17.9 Å². The summed E-state index contributed by atoms with van der Waals surface area (Å²) in [5, 5.41) is 7.41. The van der Waals surface area contributed by atoms with Gasteiger partial charge in [0, 0.05) is 18.9 Å². The van der Waals surface area contributed by atoms with E-state index < -0.39 is 0 Å². The molecule has 0 aliphatic heterocycles. The maximum Gasteiger partial charge on any atom is 0.341 e. The first-order chi connectivity index (χ1) is 9.70. The summed E-state index contributed by atoms with van der Waals surface area (Å²) >= 11 is 0. The summed E-state index contributed by atoms with van der Waals surface area (Å²) in [7, 11) is 1.36. The van der Waals surface area contributed by atoms with Gasteiger partial charge in [-0.05, 0) is 32.0 Å².